The first-order valence-electron chi connectivity index (χ1n) is 7.21. The number of nitrogens with zero attached hydrogens (tertiary/aromatic N) is 4. The van der Waals surface area contributed by atoms with E-state index in [-0.39, 0.29) is 24.2 Å². The van der Waals surface area contributed by atoms with Gasteiger partial charge < -0.3 is 10.2 Å². The number of amides is 1. The largest absolute Gasteiger partial charge is 0.352 e. The van der Waals surface area contributed by atoms with E-state index in [0.29, 0.717) is 12.1 Å². The van der Waals surface area contributed by atoms with Crippen LogP contribution in [-0.2, 0) is 11.3 Å². The number of aromatic nitrogens is 2. The SMILES string of the molecule is CN1C2CCC1CC(NC(=O)Cn1cc([N+](=O)[O-])cn1)C2. The van der Waals surface area contributed by atoms with Gasteiger partial charge in [-0.2, -0.15) is 5.10 Å². The van der Waals surface area contributed by atoms with Crippen LogP contribution in [0.15, 0.2) is 12.4 Å². The predicted molar refractivity (Wildman–Crippen MR) is 74.6 cm³/mol. The van der Waals surface area contributed by atoms with Crippen molar-refractivity contribution in [3.63, 3.8) is 0 Å². The monoisotopic (exact) mass is 293 g/mol. The lowest BCUT2D eigenvalue weighted by Crippen LogP contribution is -2.49. The van der Waals surface area contributed by atoms with Crippen molar-refractivity contribution >= 4 is 11.6 Å². The number of carbonyl (C=O) groups is 1. The lowest BCUT2D eigenvalue weighted by Gasteiger charge is -2.36. The Kier molecular flexibility index (Phi) is 3.62. The van der Waals surface area contributed by atoms with E-state index in [9.17, 15) is 14.9 Å². The smallest absolute Gasteiger partial charge is 0.307 e. The van der Waals surface area contributed by atoms with Gasteiger partial charge in [-0.05, 0) is 32.7 Å². The van der Waals surface area contributed by atoms with Crippen LogP contribution in [0.3, 0.4) is 0 Å². The van der Waals surface area contributed by atoms with Crippen molar-refractivity contribution in [2.75, 3.05) is 7.05 Å². The van der Waals surface area contributed by atoms with Crippen molar-refractivity contribution in [2.45, 2.75) is 50.4 Å². The van der Waals surface area contributed by atoms with Crippen molar-refractivity contribution in [2.24, 2.45) is 0 Å². The van der Waals surface area contributed by atoms with E-state index in [1.54, 1.807) is 0 Å². The zero-order valence-corrected chi connectivity index (χ0v) is 11.9. The third kappa shape index (κ3) is 2.90. The predicted octanol–water partition coefficient (Wildman–Crippen LogP) is 0.533. The number of nitrogens with one attached hydrogen (secondary N) is 1. The second kappa shape index (κ2) is 5.44. The number of rotatable bonds is 4. The number of hydrogen-bond acceptors (Lipinski definition) is 5. The summed E-state index contributed by atoms with van der Waals surface area (Å²) in [6.07, 6.45) is 6.81. The molecule has 2 aliphatic rings. The minimum absolute atomic E-state index is 0.0233. The van der Waals surface area contributed by atoms with Crippen molar-refractivity contribution in [3.8, 4) is 0 Å². The zero-order chi connectivity index (χ0) is 15.0. The van der Waals surface area contributed by atoms with Crippen molar-refractivity contribution in [3.05, 3.63) is 22.5 Å². The van der Waals surface area contributed by atoms with E-state index in [1.165, 1.54) is 23.7 Å². The summed E-state index contributed by atoms with van der Waals surface area (Å²) in [5.41, 5.74) is -0.0971. The topological polar surface area (TPSA) is 93.3 Å². The highest BCUT2D eigenvalue weighted by Gasteiger charge is 2.38. The molecule has 3 rings (SSSR count). The second-order valence-electron chi connectivity index (χ2n) is 5.94. The summed E-state index contributed by atoms with van der Waals surface area (Å²) in [6.45, 7) is 0.0233. The fourth-order valence-corrected chi connectivity index (χ4v) is 3.48. The van der Waals surface area contributed by atoms with Gasteiger partial charge in [-0.1, -0.05) is 0 Å². The number of hydrogen-bond donors (Lipinski definition) is 1. The van der Waals surface area contributed by atoms with Crippen LogP contribution in [0.5, 0.6) is 0 Å². The molecule has 2 aliphatic heterocycles. The van der Waals surface area contributed by atoms with Gasteiger partial charge in [-0.15, -0.1) is 0 Å². The summed E-state index contributed by atoms with van der Waals surface area (Å²) >= 11 is 0. The Balaban J connectivity index is 1.53. The maximum Gasteiger partial charge on any atom is 0.307 e. The molecule has 8 nitrogen and oxygen atoms in total. The van der Waals surface area contributed by atoms with Crippen molar-refractivity contribution in [1.29, 1.82) is 0 Å². The number of fused-ring (bicyclic) bond motifs is 2. The van der Waals surface area contributed by atoms with Crippen molar-refractivity contribution in [1.82, 2.24) is 20.0 Å². The fourth-order valence-electron chi connectivity index (χ4n) is 3.48. The minimum atomic E-state index is -0.518. The van der Waals surface area contributed by atoms with E-state index < -0.39 is 4.92 Å². The molecule has 0 radical (unpaired) electrons. The third-order valence-electron chi connectivity index (χ3n) is 4.60. The second-order valence-corrected chi connectivity index (χ2v) is 5.94. The van der Waals surface area contributed by atoms with Crippen LogP contribution < -0.4 is 5.32 Å². The van der Waals surface area contributed by atoms with Gasteiger partial charge in [0.25, 0.3) is 0 Å². The van der Waals surface area contributed by atoms with E-state index in [4.69, 9.17) is 0 Å². The Labute approximate surface area is 122 Å². The minimum Gasteiger partial charge on any atom is -0.352 e. The van der Waals surface area contributed by atoms with Crippen LogP contribution in [0.1, 0.15) is 25.7 Å². The summed E-state index contributed by atoms with van der Waals surface area (Å²) in [6, 6.07) is 1.34. The van der Waals surface area contributed by atoms with Crippen LogP contribution in [0.4, 0.5) is 5.69 Å². The summed E-state index contributed by atoms with van der Waals surface area (Å²) in [7, 11) is 2.16. The molecule has 21 heavy (non-hydrogen) atoms. The zero-order valence-electron chi connectivity index (χ0n) is 11.9. The van der Waals surface area contributed by atoms with Gasteiger partial charge in [0, 0.05) is 18.1 Å². The van der Waals surface area contributed by atoms with Gasteiger partial charge in [-0.25, -0.2) is 0 Å². The normalized spacial score (nSPS) is 28.5. The molecule has 2 atom stereocenters. The van der Waals surface area contributed by atoms with Gasteiger partial charge >= 0.3 is 5.69 Å². The van der Waals surface area contributed by atoms with Crippen LogP contribution in [0.2, 0.25) is 0 Å². The van der Waals surface area contributed by atoms with Gasteiger partial charge in [0.15, 0.2) is 0 Å². The maximum atomic E-state index is 12.0. The summed E-state index contributed by atoms with van der Waals surface area (Å²) in [5.74, 6) is -0.137. The van der Waals surface area contributed by atoms with Crippen LogP contribution in [-0.4, -0.2) is 50.7 Å². The van der Waals surface area contributed by atoms with Crippen LogP contribution in [0.25, 0.3) is 0 Å². The first kappa shape index (κ1) is 14.0. The molecule has 2 bridgehead atoms. The average molecular weight is 293 g/mol. The Morgan fingerprint density at radius 2 is 2.14 bits per heavy atom. The first-order valence-corrected chi connectivity index (χ1v) is 7.21. The van der Waals surface area contributed by atoms with E-state index in [0.717, 1.165) is 19.0 Å². The molecule has 0 aliphatic carbocycles. The highest BCUT2D eigenvalue weighted by molar-refractivity contribution is 5.76. The Morgan fingerprint density at radius 3 is 2.71 bits per heavy atom. The molecular weight excluding hydrogens is 274 g/mol. The van der Waals surface area contributed by atoms with E-state index in [2.05, 4.69) is 22.4 Å². The van der Waals surface area contributed by atoms with E-state index in [1.807, 2.05) is 0 Å². The Bertz CT molecular complexity index is 544. The quantitative estimate of drug-likeness (QED) is 0.645. The molecule has 2 fully saturated rings. The molecule has 0 aromatic carbocycles. The van der Waals surface area contributed by atoms with Crippen LogP contribution in [0, 0.1) is 10.1 Å². The summed E-state index contributed by atoms with van der Waals surface area (Å²) in [5, 5.41) is 17.4. The van der Waals surface area contributed by atoms with Gasteiger partial charge in [0.05, 0.1) is 4.92 Å². The highest BCUT2D eigenvalue weighted by atomic mass is 16.6. The molecular formula is C13H19N5O3. The molecule has 114 valence electrons. The number of piperidine rings is 1. The highest BCUT2D eigenvalue weighted by Crippen LogP contribution is 2.34. The summed E-state index contributed by atoms with van der Waals surface area (Å²) in [4.78, 5) is 24.5. The molecule has 2 saturated heterocycles. The third-order valence-corrected chi connectivity index (χ3v) is 4.60. The molecule has 1 amide bonds. The standard InChI is InChI=1S/C13H19N5O3/c1-16-10-2-3-11(16)5-9(4-10)15-13(19)8-17-7-12(6-14-17)18(20)21/h6-7,9-11H,2-5,8H2,1H3,(H,15,19). The molecule has 8 heteroatoms. The molecule has 1 N–H and O–H groups in total. The molecule has 3 heterocycles. The maximum absolute atomic E-state index is 12.0. The molecule has 0 spiro atoms. The first-order chi connectivity index (χ1) is 10.0. The molecule has 2 unspecified atom stereocenters. The van der Waals surface area contributed by atoms with Gasteiger partial charge in [0.1, 0.15) is 18.9 Å². The van der Waals surface area contributed by atoms with Crippen molar-refractivity contribution < 1.29 is 9.72 Å². The summed E-state index contributed by atoms with van der Waals surface area (Å²) < 4.78 is 1.30. The van der Waals surface area contributed by atoms with Gasteiger partial charge in [0.2, 0.25) is 5.91 Å². The Hall–Kier alpha value is -1.96. The molecule has 1 aromatic heterocycles. The molecule has 1 aromatic rings. The average Bonchev–Trinajstić information content (AvgIpc) is 2.93. The number of carbonyl (C=O) groups excluding carboxylic acids is 1. The fraction of sp³-hybridized carbons (Fsp3) is 0.692. The lowest BCUT2D eigenvalue weighted by atomic mass is 9.98. The Morgan fingerprint density at radius 1 is 1.48 bits per heavy atom. The lowest BCUT2D eigenvalue weighted by molar-refractivity contribution is -0.385. The van der Waals surface area contributed by atoms with E-state index >= 15 is 0 Å². The van der Waals surface area contributed by atoms with Gasteiger partial charge in [-0.3, -0.25) is 19.6 Å². The molecule has 0 saturated carbocycles. The number of nitro groups is 1. The van der Waals surface area contributed by atoms with Crippen LogP contribution >= 0.6 is 0 Å².